The second-order valence-corrected chi connectivity index (χ2v) is 3.41. The summed E-state index contributed by atoms with van der Waals surface area (Å²) in [6.45, 7) is 0. The number of fused-ring (bicyclic) bond motifs is 1. The Morgan fingerprint density at radius 2 is 2.15 bits per heavy atom. The Labute approximate surface area is 83.2 Å². The number of halogens is 1. The number of hydrogen-bond donors (Lipinski definition) is 0. The van der Waals surface area contributed by atoms with Gasteiger partial charge in [-0.05, 0) is 18.2 Å². The molecule has 0 unspecified atom stereocenters. The van der Waals surface area contributed by atoms with Gasteiger partial charge in [0.05, 0.1) is 5.52 Å². The van der Waals surface area contributed by atoms with Crippen molar-refractivity contribution in [3.63, 3.8) is 0 Å². The molecule has 62 valence electrons. The van der Waals surface area contributed by atoms with E-state index in [4.69, 9.17) is 5.26 Å². The van der Waals surface area contributed by atoms with Gasteiger partial charge in [-0.3, -0.25) is 0 Å². The van der Waals surface area contributed by atoms with Crippen LogP contribution >= 0.6 is 15.9 Å². The highest BCUT2D eigenvalue weighted by atomic mass is 79.9. The highest BCUT2D eigenvalue weighted by Crippen LogP contribution is 2.19. The Balaban J connectivity index is 2.89. The van der Waals surface area contributed by atoms with Crippen molar-refractivity contribution in [2.75, 3.05) is 0 Å². The lowest BCUT2D eigenvalue weighted by molar-refractivity contribution is 1.19. The first-order valence-corrected chi connectivity index (χ1v) is 4.41. The van der Waals surface area contributed by atoms with Gasteiger partial charge >= 0.3 is 0 Å². The van der Waals surface area contributed by atoms with Gasteiger partial charge in [-0.15, -0.1) is 0 Å². The lowest BCUT2D eigenvalue weighted by atomic mass is 10.2. The van der Waals surface area contributed by atoms with Crippen LogP contribution in [0.4, 0.5) is 0 Å². The van der Waals surface area contributed by atoms with Gasteiger partial charge in [0, 0.05) is 9.86 Å². The van der Waals surface area contributed by atoms with E-state index in [1.807, 2.05) is 24.3 Å². The van der Waals surface area contributed by atoms with Crippen LogP contribution in [0, 0.1) is 11.3 Å². The topological polar surface area (TPSA) is 49.6 Å². The summed E-state index contributed by atoms with van der Waals surface area (Å²) in [5, 5.41) is 9.55. The molecule has 13 heavy (non-hydrogen) atoms. The monoisotopic (exact) mass is 233 g/mol. The van der Waals surface area contributed by atoms with Crippen LogP contribution in [-0.4, -0.2) is 9.97 Å². The van der Waals surface area contributed by atoms with Gasteiger partial charge < -0.3 is 0 Å². The maximum absolute atomic E-state index is 8.77. The molecule has 0 N–H and O–H groups in total. The van der Waals surface area contributed by atoms with Gasteiger partial charge in [-0.1, -0.05) is 15.9 Å². The molecule has 2 aromatic rings. The third-order valence-corrected chi connectivity index (χ3v) is 2.20. The normalized spacial score (nSPS) is 9.85. The highest BCUT2D eigenvalue weighted by Gasteiger charge is 2.01. The second kappa shape index (κ2) is 3.11. The van der Waals surface area contributed by atoms with E-state index in [0.29, 0.717) is 5.69 Å². The fourth-order valence-electron chi connectivity index (χ4n) is 1.12. The summed E-state index contributed by atoms with van der Waals surface area (Å²) in [6, 6.07) is 7.60. The molecule has 0 radical (unpaired) electrons. The van der Waals surface area contributed by atoms with E-state index in [0.717, 1.165) is 15.4 Å². The number of nitrogens with zero attached hydrogens (tertiary/aromatic N) is 3. The highest BCUT2D eigenvalue weighted by molar-refractivity contribution is 9.10. The molecule has 0 aliphatic heterocycles. The minimum Gasteiger partial charge on any atom is -0.236 e. The maximum Gasteiger partial charge on any atom is 0.151 e. The summed E-state index contributed by atoms with van der Waals surface area (Å²) in [7, 11) is 0. The van der Waals surface area contributed by atoms with E-state index in [1.54, 1.807) is 0 Å². The standard InChI is InChI=1S/C9H4BrN3/c10-6-1-2-8-7(3-6)9(4-11)13-5-12-8/h1-3,5H. The van der Waals surface area contributed by atoms with Crippen LogP contribution < -0.4 is 0 Å². The van der Waals surface area contributed by atoms with Crippen molar-refractivity contribution in [1.29, 1.82) is 5.26 Å². The molecular formula is C9H4BrN3. The van der Waals surface area contributed by atoms with Gasteiger partial charge in [0.15, 0.2) is 5.69 Å². The van der Waals surface area contributed by atoms with Crippen molar-refractivity contribution in [2.45, 2.75) is 0 Å². The van der Waals surface area contributed by atoms with E-state index in [2.05, 4.69) is 25.9 Å². The molecule has 0 spiro atoms. The third kappa shape index (κ3) is 1.38. The lowest BCUT2D eigenvalue weighted by Gasteiger charge is -1.97. The fraction of sp³-hybridized carbons (Fsp3) is 0. The molecule has 0 amide bonds. The van der Waals surface area contributed by atoms with E-state index in [9.17, 15) is 0 Å². The summed E-state index contributed by atoms with van der Waals surface area (Å²) in [4.78, 5) is 7.92. The van der Waals surface area contributed by atoms with Crippen molar-refractivity contribution in [2.24, 2.45) is 0 Å². The molecule has 0 aliphatic carbocycles. The second-order valence-electron chi connectivity index (χ2n) is 2.50. The van der Waals surface area contributed by atoms with Gasteiger partial charge in [-0.2, -0.15) is 5.26 Å². The molecule has 1 heterocycles. The van der Waals surface area contributed by atoms with Crippen molar-refractivity contribution in [3.05, 3.63) is 34.7 Å². The van der Waals surface area contributed by atoms with E-state index in [1.165, 1.54) is 6.33 Å². The van der Waals surface area contributed by atoms with E-state index >= 15 is 0 Å². The van der Waals surface area contributed by atoms with Gasteiger partial charge in [-0.25, -0.2) is 9.97 Å². The summed E-state index contributed by atoms with van der Waals surface area (Å²) in [6.07, 6.45) is 1.40. The number of aromatic nitrogens is 2. The van der Waals surface area contributed by atoms with Gasteiger partial charge in [0.1, 0.15) is 12.4 Å². The average Bonchev–Trinajstić information content (AvgIpc) is 2.17. The van der Waals surface area contributed by atoms with Crippen LogP contribution in [0.2, 0.25) is 0 Å². The van der Waals surface area contributed by atoms with Crippen molar-refractivity contribution < 1.29 is 0 Å². The molecule has 0 fully saturated rings. The molecule has 1 aromatic heterocycles. The zero-order valence-electron chi connectivity index (χ0n) is 6.53. The quantitative estimate of drug-likeness (QED) is 0.702. The molecule has 4 heteroatoms. The van der Waals surface area contributed by atoms with E-state index in [-0.39, 0.29) is 0 Å². The zero-order valence-corrected chi connectivity index (χ0v) is 8.12. The molecule has 0 atom stereocenters. The number of hydrogen-bond acceptors (Lipinski definition) is 3. The van der Waals surface area contributed by atoms with Crippen LogP contribution in [0.5, 0.6) is 0 Å². The first-order valence-electron chi connectivity index (χ1n) is 3.61. The summed E-state index contributed by atoms with van der Waals surface area (Å²) >= 11 is 3.33. The lowest BCUT2D eigenvalue weighted by Crippen LogP contribution is -1.87. The van der Waals surface area contributed by atoms with Crippen LogP contribution in [0.15, 0.2) is 29.0 Å². The number of rotatable bonds is 0. The minimum atomic E-state index is 0.409. The Bertz CT molecular complexity index is 502. The van der Waals surface area contributed by atoms with Crippen LogP contribution in [0.25, 0.3) is 10.9 Å². The fourth-order valence-corrected chi connectivity index (χ4v) is 1.48. The van der Waals surface area contributed by atoms with Crippen molar-refractivity contribution >= 4 is 26.8 Å². The minimum absolute atomic E-state index is 0.409. The molecule has 0 saturated carbocycles. The average molecular weight is 234 g/mol. The Morgan fingerprint density at radius 1 is 1.31 bits per heavy atom. The molecule has 1 aromatic carbocycles. The predicted molar refractivity (Wildman–Crippen MR) is 52.0 cm³/mol. The van der Waals surface area contributed by atoms with Gasteiger partial charge in [0.2, 0.25) is 0 Å². The summed E-state index contributed by atoms with van der Waals surface area (Å²) in [5.74, 6) is 0. The summed E-state index contributed by atoms with van der Waals surface area (Å²) in [5.41, 5.74) is 1.20. The molecule has 0 bridgehead atoms. The molecule has 0 saturated heterocycles. The predicted octanol–water partition coefficient (Wildman–Crippen LogP) is 2.26. The number of nitriles is 1. The summed E-state index contributed by atoms with van der Waals surface area (Å²) < 4.78 is 0.923. The first-order chi connectivity index (χ1) is 6.31. The largest absolute Gasteiger partial charge is 0.236 e. The molecule has 3 nitrogen and oxygen atoms in total. The van der Waals surface area contributed by atoms with Crippen LogP contribution in [0.1, 0.15) is 5.69 Å². The van der Waals surface area contributed by atoms with Gasteiger partial charge in [0.25, 0.3) is 0 Å². The molecule has 0 aliphatic rings. The smallest absolute Gasteiger partial charge is 0.151 e. The Morgan fingerprint density at radius 3 is 2.92 bits per heavy atom. The molecular weight excluding hydrogens is 230 g/mol. The van der Waals surface area contributed by atoms with Crippen molar-refractivity contribution in [3.8, 4) is 6.07 Å². The third-order valence-electron chi connectivity index (χ3n) is 1.70. The van der Waals surface area contributed by atoms with Crippen LogP contribution in [0.3, 0.4) is 0 Å². The zero-order chi connectivity index (χ0) is 9.26. The first kappa shape index (κ1) is 8.14. The SMILES string of the molecule is N#Cc1ncnc2ccc(Br)cc12. The Hall–Kier alpha value is -1.47. The van der Waals surface area contributed by atoms with Crippen molar-refractivity contribution in [1.82, 2.24) is 9.97 Å². The van der Waals surface area contributed by atoms with E-state index < -0.39 is 0 Å². The molecule has 2 rings (SSSR count). The van der Waals surface area contributed by atoms with Crippen LogP contribution in [-0.2, 0) is 0 Å². The maximum atomic E-state index is 8.77. The Kier molecular flexibility index (Phi) is 1.95. The number of benzene rings is 1.